The van der Waals surface area contributed by atoms with Crippen LogP contribution in [0.5, 0.6) is 0 Å². The van der Waals surface area contributed by atoms with Gasteiger partial charge in [-0.25, -0.2) is 0 Å². The Labute approximate surface area is 138 Å². The summed E-state index contributed by atoms with van der Waals surface area (Å²) < 4.78 is 0. The zero-order valence-corrected chi connectivity index (χ0v) is 13.5. The summed E-state index contributed by atoms with van der Waals surface area (Å²) in [6.45, 7) is 0. The second-order valence-electron chi connectivity index (χ2n) is 4.27. The lowest BCUT2D eigenvalue weighted by Gasteiger charge is -2.08. The summed E-state index contributed by atoms with van der Waals surface area (Å²) >= 11 is 13.5. The summed E-state index contributed by atoms with van der Waals surface area (Å²) in [5.74, 6) is 1.12. The van der Waals surface area contributed by atoms with Gasteiger partial charge in [0, 0.05) is 11.9 Å². The Hall–Kier alpha value is -1.23. The van der Waals surface area contributed by atoms with Crippen LogP contribution in [0.1, 0.15) is 5.69 Å². The monoisotopic (exact) mass is 340 g/mol. The van der Waals surface area contributed by atoms with Crippen molar-refractivity contribution < 1.29 is 4.79 Å². The summed E-state index contributed by atoms with van der Waals surface area (Å²) in [6.07, 6.45) is 2.62. The molecular formula is C15H14Cl2N2OS. The van der Waals surface area contributed by atoms with Gasteiger partial charge in [-0.3, -0.25) is 9.78 Å². The number of amides is 1. The van der Waals surface area contributed by atoms with Crippen molar-refractivity contribution in [1.82, 2.24) is 4.98 Å². The highest BCUT2D eigenvalue weighted by Crippen LogP contribution is 2.29. The molecule has 1 aromatic carbocycles. The van der Waals surface area contributed by atoms with E-state index in [1.165, 1.54) is 0 Å². The van der Waals surface area contributed by atoms with Crippen molar-refractivity contribution in [3.05, 3.63) is 58.3 Å². The number of carbonyl (C=O) groups excluding carboxylic acids is 1. The number of hydrogen-bond donors (Lipinski definition) is 1. The van der Waals surface area contributed by atoms with Gasteiger partial charge in [-0.05, 0) is 36.4 Å². The van der Waals surface area contributed by atoms with E-state index in [0.717, 1.165) is 17.9 Å². The molecule has 3 nitrogen and oxygen atoms in total. The zero-order valence-electron chi connectivity index (χ0n) is 11.2. The molecule has 1 amide bonds. The summed E-state index contributed by atoms with van der Waals surface area (Å²) in [7, 11) is 0. The average molecular weight is 341 g/mol. The lowest BCUT2D eigenvalue weighted by atomic mass is 10.3. The third kappa shape index (κ3) is 5.23. The largest absolute Gasteiger partial charge is 0.324 e. The van der Waals surface area contributed by atoms with Gasteiger partial charge in [-0.2, -0.15) is 11.8 Å². The summed E-state index contributed by atoms with van der Waals surface area (Å²) in [5.41, 5.74) is 1.57. The first-order valence-electron chi connectivity index (χ1n) is 6.38. The molecule has 0 fully saturated rings. The number of anilines is 1. The van der Waals surface area contributed by atoms with Crippen LogP contribution in [0.15, 0.2) is 42.6 Å². The lowest BCUT2D eigenvalue weighted by molar-refractivity contribution is -0.113. The van der Waals surface area contributed by atoms with Gasteiger partial charge in [0.1, 0.15) is 0 Å². The summed E-state index contributed by atoms with van der Waals surface area (Å²) in [5, 5.41) is 3.55. The Morgan fingerprint density at radius 3 is 2.81 bits per heavy atom. The predicted molar refractivity (Wildman–Crippen MR) is 90.4 cm³/mol. The van der Waals surface area contributed by atoms with Crippen LogP contribution in [-0.4, -0.2) is 22.4 Å². The van der Waals surface area contributed by atoms with Crippen molar-refractivity contribution in [3.8, 4) is 0 Å². The molecule has 1 N–H and O–H groups in total. The van der Waals surface area contributed by atoms with Crippen LogP contribution in [0.4, 0.5) is 5.69 Å². The van der Waals surface area contributed by atoms with E-state index >= 15 is 0 Å². The molecule has 0 aliphatic carbocycles. The summed E-state index contributed by atoms with van der Waals surface area (Å²) in [4.78, 5) is 16.1. The standard InChI is InChI=1S/C15H14Cl2N2OS/c16-12-5-3-6-13(15(12)17)19-14(20)10-21-9-7-11-4-1-2-8-18-11/h1-6,8H,7,9-10H2,(H,19,20). The Bertz CT molecular complexity index is 608. The third-order valence-corrected chi connectivity index (χ3v) is 4.47. The average Bonchev–Trinajstić information content (AvgIpc) is 2.49. The van der Waals surface area contributed by atoms with E-state index in [4.69, 9.17) is 23.2 Å². The van der Waals surface area contributed by atoms with Crippen molar-refractivity contribution in [1.29, 1.82) is 0 Å². The number of benzene rings is 1. The number of thioether (sulfide) groups is 1. The molecule has 110 valence electrons. The van der Waals surface area contributed by atoms with Crippen molar-refractivity contribution in [2.45, 2.75) is 6.42 Å². The van der Waals surface area contributed by atoms with E-state index in [1.54, 1.807) is 36.2 Å². The number of rotatable bonds is 6. The van der Waals surface area contributed by atoms with E-state index in [1.807, 2.05) is 18.2 Å². The number of carbonyl (C=O) groups is 1. The second kappa shape index (κ2) is 8.27. The van der Waals surface area contributed by atoms with Crippen LogP contribution in [0, 0.1) is 0 Å². The third-order valence-electron chi connectivity index (χ3n) is 2.69. The number of aryl methyl sites for hydroxylation is 1. The second-order valence-corrected chi connectivity index (χ2v) is 6.16. The predicted octanol–water partition coefficient (Wildman–Crippen LogP) is 4.30. The lowest BCUT2D eigenvalue weighted by Crippen LogP contribution is -2.15. The maximum Gasteiger partial charge on any atom is 0.234 e. The fourth-order valence-electron chi connectivity index (χ4n) is 1.67. The summed E-state index contributed by atoms with van der Waals surface area (Å²) in [6, 6.07) is 11.0. The number of pyridine rings is 1. The minimum Gasteiger partial charge on any atom is -0.324 e. The minimum atomic E-state index is -0.0924. The number of nitrogens with one attached hydrogen (secondary N) is 1. The Morgan fingerprint density at radius 1 is 1.19 bits per heavy atom. The van der Waals surface area contributed by atoms with Crippen LogP contribution in [0.2, 0.25) is 10.0 Å². The van der Waals surface area contributed by atoms with Gasteiger partial charge in [0.2, 0.25) is 5.91 Å². The van der Waals surface area contributed by atoms with Gasteiger partial charge in [-0.1, -0.05) is 35.3 Å². The minimum absolute atomic E-state index is 0.0924. The normalized spacial score (nSPS) is 10.4. The molecule has 0 aliphatic heterocycles. The Morgan fingerprint density at radius 2 is 2.05 bits per heavy atom. The molecule has 0 bridgehead atoms. The van der Waals surface area contributed by atoms with Gasteiger partial charge in [0.25, 0.3) is 0 Å². The zero-order chi connectivity index (χ0) is 15.1. The molecule has 0 aliphatic rings. The first-order chi connectivity index (χ1) is 10.2. The quantitative estimate of drug-likeness (QED) is 0.797. The van der Waals surface area contributed by atoms with Crippen molar-refractivity contribution in [2.75, 3.05) is 16.8 Å². The molecule has 0 saturated heterocycles. The van der Waals surface area contributed by atoms with Crippen LogP contribution < -0.4 is 5.32 Å². The van der Waals surface area contributed by atoms with Gasteiger partial charge >= 0.3 is 0 Å². The first-order valence-corrected chi connectivity index (χ1v) is 8.29. The topological polar surface area (TPSA) is 42.0 Å². The number of nitrogens with zero attached hydrogens (tertiary/aromatic N) is 1. The molecule has 0 spiro atoms. The van der Waals surface area contributed by atoms with Gasteiger partial charge in [-0.15, -0.1) is 0 Å². The molecule has 0 radical (unpaired) electrons. The van der Waals surface area contributed by atoms with Crippen LogP contribution in [-0.2, 0) is 11.2 Å². The van der Waals surface area contributed by atoms with Gasteiger partial charge in [0.05, 0.1) is 21.5 Å². The van der Waals surface area contributed by atoms with Crippen molar-refractivity contribution >= 4 is 46.6 Å². The smallest absolute Gasteiger partial charge is 0.234 e. The van der Waals surface area contributed by atoms with Crippen LogP contribution in [0.3, 0.4) is 0 Å². The van der Waals surface area contributed by atoms with Gasteiger partial charge < -0.3 is 5.32 Å². The molecule has 0 atom stereocenters. The highest BCUT2D eigenvalue weighted by atomic mass is 35.5. The maximum atomic E-state index is 11.8. The fraction of sp³-hybridized carbons (Fsp3) is 0.200. The molecule has 2 aromatic rings. The van der Waals surface area contributed by atoms with Crippen LogP contribution in [0.25, 0.3) is 0 Å². The SMILES string of the molecule is O=C(CSCCc1ccccn1)Nc1cccc(Cl)c1Cl. The molecule has 0 unspecified atom stereocenters. The van der Waals surface area contributed by atoms with E-state index in [9.17, 15) is 4.79 Å². The van der Waals surface area contributed by atoms with Crippen molar-refractivity contribution in [2.24, 2.45) is 0 Å². The molecular weight excluding hydrogens is 327 g/mol. The van der Waals surface area contributed by atoms with E-state index in [0.29, 0.717) is 21.5 Å². The number of halogens is 2. The van der Waals surface area contributed by atoms with E-state index in [-0.39, 0.29) is 5.91 Å². The Balaban J connectivity index is 1.74. The van der Waals surface area contributed by atoms with Gasteiger partial charge in [0.15, 0.2) is 0 Å². The first kappa shape index (κ1) is 16.1. The molecule has 2 rings (SSSR count). The van der Waals surface area contributed by atoms with E-state index in [2.05, 4.69) is 10.3 Å². The number of hydrogen-bond acceptors (Lipinski definition) is 3. The van der Waals surface area contributed by atoms with Crippen molar-refractivity contribution in [3.63, 3.8) is 0 Å². The van der Waals surface area contributed by atoms with E-state index < -0.39 is 0 Å². The molecule has 21 heavy (non-hydrogen) atoms. The highest BCUT2D eigenvalue weighted by molar-refractivity contribution is 7.99. The molecule has 6 heteroatoms. The fourth-order valence-corrected chi connectivity index (χ4v) is 2.78. The highest BCUT2D eigenvalue weighted by Gasteiger charge is 2.08. The molecule has 1 heterocycles. The molecule has 1 aromatic heterocycles. The molecule has 0 saturated carbocycles. The van der Waals surface area contributed by atoms with Crippen LogP contribution >= 0.6 is 35.0 Å². The number of aromatic nitrogens is 1. The maximum absolute atomic E-state index is 11.8. The Kier molecular flexibility index (Phi) is 6.36.